The summed E-state index contributed by atoms with van der Waals surface area (Å²) < 4.78 is 2.21. The molecule has 0 aliphatic rings. The fourth-order valence-electron chi connectivity index (χ4n) is 3.29. The van der Waals surface area contributed by atoms with Gasteiger partial charge in [0.15, 0.2) is 5.16 Å². The van der Waals surface area contributed by atoms with E-state index in [2.05, 4.69) is 101 Å². The number of nitrogens with zero attached hydrogens (tertiary/aromatic N) is 3. The first-order valence-corrected chi connectivity index (χ1v) is 10.4. The number of benzene rings is 3. The number of thioether (sulfide) groups is 1. The Kier molecular flexibility index (Phi) is 5.58. The van der Waals surface area contributed by atoms with Gasteiger partial charge in [0.2, 0.25) is 0 Å². The van der Waals surface area contributed by atoms with Crippen LogP contribution in [-0.4, -0.2) is 14.8 Å². The van der Waals surface area contributed by atoms with Crippen LogP contribution in [-0.2, 0) is 12.2 Å². The van der Waals surface area contributed by atoms with E-state index in [1.807, 2.05) is 6.07 Å². The van der Waals surface area contributed by atoms with Crippen LogP contribution in [0.25, 0.3) is 5.69 Å². The summed E-state index contributed by atoms with van der Waals surface area (Å²) in [6.07, 6.45) is 0.757. The highest BCUT2D eigenvalue weighted by Gasteiger charge is 2.16. The SMILES string of the molecule is Cc1cccc(CSc2nnc(Cc3ccccc3)n2-c2ccccc2C)c1. The van der Waals surface area contributed by atoms with Crippen LogP contribution in [0.1, 0.15) is 28.1 Å². The molecule has 0 saturated heterocycles. The molecule has 0 N–H and O–H groups in total. The first kappa shape index (κ1) is 18.5. The van der Waals surface area contributed by atoms with E-state index in [4.69, 9.17) is 0 Å². The van der Waals surface area contributed by atoms with Gasteiger partial charge in [-0.2, -0.15) is 0 Å². The van der Waals surface area contributed by atoms with Crippen LogP contribution in [0.2, 0.25) is 0 Å². The fraction of sp³-hybridized carbons (Fsp3) is 0.167. The molecule has 0 amide bonds. The molecule has 3 nitrogen and oxygen atoms in total. The second kappa shape index (κ2) is 8.44. The zero-order chi connectivity index (χ0) is 19.3. The predicted octanol–water partition coefficient (Wildman–Crippen LogP) is 5.77. The van der Waals surface area contributed by atoms with Crippen molar-refractivity contribution >= 4 is 11.8 Å². The Balaban J connectivity index is 1.69. The van der Waals surface area contributed by atoms with E-state index >= 15 is 0 Å². The minimum Gasteiger partial charge on any atom is -0.273 e. The van der Waals surface area contributed by atoms with Gasteiger partial charge in [-0.05, 0) is 36.6 Å². The molecular formula is C24H23N3S. The molecule has 4 aromatic rings. The molecule has 0 saturated carbocycles. The molecule has 0 spiro atoms. The number of rotatable bonds is 6. The van der Waals surface area contributed by atoms with E-state index < -0.39 is 0 Å². The molecule has 0 unspecified atom stereocenters. The van der Waals surface area contributed by atoms with Gasteiger partial charge in [-0.25, -0.2) is 0 Å². The Bertz CT molecular complexity index is 1070. The quantitative estimate of drug-likeness (QED) is 0.395. The van der Waals surface area contributed by atoms with Crippen molar-refractivity contribution in [2.45, 2.75) is 31.2 Å². The van der Waals surface area contributed by atoms with E-state index in [0.29, 0.717) is 0 Å². The summed E-state index contributed by atoms with van der Waals surface area (Å²) in [5, 5.41) is 10.0. The third-order valence-electron chi connectivity index (χ3n) is 4.71. The standard InChI is InChI=1S/C24H23N3S/c1-18-9-8-13-21(15-18)17-28-24-26-25-23(16-20-11-4-3-5-12-20)27(24)22-14-7-6-10-19(22)2/h3-15H,16-17H2,1-2H3. The lowest BCUT2D eigenvalue weighted by atomic mass is 10.1. The molecule has 0 aliphatic carbocycles. The Morgan fingerprint density at radius 1 is 0.786 bits per heavy atom. The maximum absolute atomic E-state index is 4.55. The van der Waals surface area contributed by atoms with Crippen molar-refractivity contribution in [1.82, 2.24) is 14.8 Å². The van der Waals surface area contributed by atoms with Crippen LogP contribution in [0, 0.1) is 13.8 Å². The van der Waals surface area contributed by atoms with Crippen LogP contribution in [0.15, 0.2) is 84.0 Å². The molecular weight excluding hydrogens is 362 g/mol. The van der Waals surface area contributed by atoms with E-state index in [1.54, 1.807) is 11.8 Å². The summed E-state index contributed by atoms with van der Waals surface area (Å²) in [7, 11) is 0. The molecule has 1 aromatic heterocycles. The Hall–Kier alpha value is -2.85. The zero-order valence-corrected chi connectivity index (χ0v) is 17.0. The van der Waals surface area contributed by atoms with Gasteiger partial charge in [0, 0.05) is 12.2 Å². The van der Waals surface area contributed by atoms with Crippen LogP contribution >= 0.6 is 11.8 Å². The van der Waals surface area contributed by atoms with Crippen molar-refractivity contribution in [2.75, 3.05) is 0 Å². The largest absolute Gasteiger partial charge is 0.273 e. The van der Waals surface area contributed by atoms with Gasteiger partial charge < -0.3 is 0 Å². The van der Waals surface area contributed by atoms with E-state index in [1.165, 1.54) is 22.3 Å². The highest BCUT2D eigenvalue weighted by atomic mass is 32.2. The fourth-order valence-corrected chi connectivity index (χ4v) is 4.20. The smallest absolute Gasteiger partial charge is 0.196 e. The summed E-state index contributed by atoms with van der Waals surface area (Å²) in [6.45, 7) is 4.26. The number of hydrogen-bond acceptors (Lipinski definition) is 3. The van der Waals surface area contributed by atoms with E-state index in [-0.39, 0.29) is 0 Å². The molecule has 4 heteroatoms. The maximum Gasteiger partial charge on any atom is 0.196 e. The van der Waals surface area contributed by atoms with Gasteiger partial charge >= 0.3 is 0 Å². The highest BCUT2D eigenvalue weighted by Crippen LogP contribution is 2.28. The molecule has 0 aliphatic heterocycles. The maximum atomic E-state index is 4.55. The number of hydrogen-bond donors (Lipinski definition) is 0. The second-order valence-corrected chi connectivity index (χ2v) is 7.90. The lowest BCUT2D eigenvalue weighted by Gasteiger charge is -2.13. The summed E-state index contributed by atoms with van der Waals surface area (Å²) in [4.78, 5) is 0. The highest BCUT2D eigenvalue weighted by molar-refractivity contribution is 7.98. The monoisotopic (exact) mass is 385 g/mol. The van der Waals surface area contributed by atoms with Crippen LogP contribution in [0.3, 0.4) is 0 Å². The van der Waals surface area contributed by atoms with E-state index in [0.717, 1.165) is 28.8 Å². The normalized spacial score (nSPS) is 10.9. The zero-order valence-electron chi connectivity index (χ0n) is 16.2. The Morgan fingerprint density at radius 2 is 1.54 bits per heavy atom. The van der Waals surface area contributed by atoms with Gasteiger partial charge in [0.1, 0.15) is 5.82 Å². The van der Waals surface area contributed by atoms with Crippen molar-refractivity contribution in [2.24, 2.45) is 0 Å². The van der Waals surface area contributed by atoms with Gasteiger partial charge in [-0.3, -0.25) is 4.57 Å². The molecule has 140 valence electrons. The molecule has 0 atom stereocenters. The first-order valence-electron chi connectivity index (χ1n) is 9.43. The predicted molar refractivity (Wildman–Crippen MR) is 116 cm³/mol. The lowest BCUT2D eigenvalue weighted by Crippen LogP contribution is -2.05. The number of para-hydroxylation sites is 1. The average Bonchev–Trinajstić information content (AvgIpc) is 3.10. The second-order valence-electron chi connectivity index (χ2n) is 6.96. The summed E-state index contributed by atoms with van der Waals surface area (Å²) in [6, 6.07) is 27.5. The lowest BCUT2D eigenvalue weighted by molar-refractivity contribution is 0.841. The summed E-state index contributed by atoms with van der Waals surface area (Å²) in [5.41, 5.74) is 6.18. The molecule has 28 heavy (non-hydrogen) atoms. The van der Waals surface area contributed by atoms with Gasteiger partial charge in [0.05, 0.1) is 5.69 Å². The number of aryl methyl sites for hydroxylation is 2. The van der Waals surface area contributed by atoms with E-state index in [9.17, 15) is 0 Å². The Morgan fingerprint density at radius 3 is 2.32 bits per heavy atom. The van der Waals surface area contributed by atoms with Crippen molar-refractivity contribution in [1.29, 1.82) is 0 Å². The average molecular weight is 386 g/mol. The molecule has 0 fully saturated rings. The Labute approximate surface area is 170 Å². The van der Waals surface area contributed by atoms with Crippen molar-refractivity contribution < 1.29 is 0 Å². The topological polar surface area (TPSA) is 30.7 Å². The van der Waals surface area contributed by atoms with Crippen molar-refractivity contribution in [3.05, 3.63) is 107 Å². The molecule has 3 aromatic carbocycles. The number of aromatic nitrogens is 3. The summed E-state index contributed by atoms with van der Waals surface area (Å²) >= 11 is 1.73. The third kappa shape index (κ3) is 4.18. The van der Waals surface area contributed by atoms with Crippen molar-refractivity contribution in [3.63, 3.8) is 0 Å². The molecule has 0 bridgehead atoms. The van der Waals surface area contributed by atoms with Crippen LogP contribution in [0.4, 0.5) is 0 Å². The third-order valence-corrected chi connectivity index (χ3v) is 5.71. The first-order chi connectivity index (χ1) is 13.7. The molecule has 0 radical (unpaired) electrons. The van der Waals surface area contributed by atoms with Gasteiger partial charge in [-0.15, -0.1) is 10.2 Å². The van der Waals surface area contributed by atoms with Gasteiger partial charge in [-0.1, -0.05) is 90.1 Å². The van der Waals surface area contributed by atoms with Crippen molar-refractivity contribution in [3.8, 4) is 5.69 Å². The van der Waals surface area contributed by atoms with Crippen LogP contribution in [0.5, 0.6) is 0 Å². The minimum atomic E-state index is 0.757. The van der Waals surface area contributed by atoms with Gasteiger partial charge in [0.25, 0.3) is 0 Å². The molecule has 4 rings (SSSR count). The minimum absolute atomic E-state index is 0.757. The summed E-state index contributed by atoms with van der Waals surface area (Å²) in [5.74, 6) is 1.84. The molecule has 1 heterocycles. The van der Waals surface area contributed by atoms with Crippen LogP contribution < -0.4 is 0 Å².